The average Bonchev–Trinajstić information content (AvgIpc) is 3.69. The molecule has 270 valence electrons. The third-order valence-electron chi connectivity index (χ3n) is 10.3. The predicted octanol–water partition coefficient (Wildman–Crippen LogP) is 9.25. The number of anilines is 1. The van der Waals surface area contributed by atoms with Crippen molar-refractivity contribution in [2.24, 2.45) is 11.1 Å². The second kappa shape index (κ2) is 15.3. The predicted molar refractivity (Wildman–Crippen MR) is 216 cm³/mol. The summed E-state index contributed by atoms with van der Waals surface area (Å²) in [4.78, 5) is 31.8. The van der Waals surface area contributed by atoms with Crippen LogP contribution in [0.15, 0.2) is 164 Å². The van der Waals surface area contributed by atoms with Crippen molar-refractivity contribution in [1.29, 1.82) is 0 Å². The Morgan fingerprint density at radius 2 is 1.30 bits per heavy atom. The minimum Gasteiger partial charge on any atom is -0.468 e. The number of nitrogens with two attached hydrogens (primary N) is 1. The second-order valence-electron chi connectivity index (χ2n) is 14.2. The number of esters is 1. The highest BCUT2D eigenvalue weighted by Crippen LogP contribution is 2.42. The molecule has 54 heavy (non-hydrogen) atoms. The van der Waals surface area contributed by atoms with Gasteiger partial charge in [0.2, 0.25) is 0 Å². The number of rotatable bonds is 13. The quantitative estimate of drug-likeness (QED) is 0.0703. The maximum Gasteiger partial charge on any atom is 0.322 e. The van der Waals surface area contributed by atoms with Crippen molar-refractivity contribution in [3.8, 4) is 11.1 Å². The summed E-state index contributed by atoms with van der Waals surface area (Å²) in [5.41, 5.74) is 11.7. The Hall–Kier alpha value is -6.31. The van der Waals surface area contributed by atoms with Gasteiger partial charge >= 0.3 is 5.97 Å². The Kier molecular flexibility index (Phi) is 10.3. The number of fused-ring (bicyclic) bond motifs is 1. The molecule has 0 bridgehead atoms. The van der Waals surface area contributed by atoms with E-state index in [0.717, 1.165) is 50.0 Å². The van der Waals surface area contributed by atoms with E-state index in [9.17, 15) is 9.59 Å². The van der Waals surface area contributed by atoms with Crippen molar-refractivity contribution in [3.63, 3.8) is 0 Å². The van der Waals surface area contributed by atoms with E-state index >= 15 is 0 Å². The molecular weight excluding hydrogens is 669 g/mol. The number of benzene rings is 6. The Balaban J connectivity index is 1.31. The van der Waals surface area contributed by atoms with Gasteiger partial charge in [0.25, 0.3) is 0 Å². The molecule has 0 amide bonds. The van der Waals surface area contributed by atoms with Crippen LogP contribution in [-0.4, -0.2) is 34.5 Å². The van der Waals surface area contributed by atoms with Gasteiger partial charge in [-0.3, -0.25) is 9.59 Å². The van der Waals surface area contributed by atoms with Crippen LogP contribution in [0.25, 0.3) is 21.9 Å². The molecule has 1 atom stereocenters. The standard InChI is InChI=1S/C47H44N4O3/c1-46(2,29-41(48)45(53)54-3)44(52)40-27-16-28-42(43(40)39-26-15-18-33-17-13-14-25-38(33)39)49-30-37-31-51(32-50-37)47(34-19-7-4-8-20-34,35-21-9-5-10-22-35)36-23-11-6-12-24-36/h4-28,31-32,41,49H,29-30,48H2,1-3H3/t41-/m0/s1. The second-order valence-corrected chi connectivity index (χ2v) is 14.2. The summed E-state index contributed by atoms with van der Waals surface area (Å²) in [5, 5.41) is 5.75. The van der Waals surface area contributed by atoms with Crippen LogP contribution in [0, 0.1) is 5.41 Å². The number of ether oxygens (including phenoxy) is 1. The van der Waals surface area contributed by atoms with Crippen LogP contribution >= 0.6 is 0 Å². The van der Waals surface area contributed by atoms with Crippen LogP contribution in [0.1, 0.15) is 53.0 Å². The van der Waals surface area contributed by atoms with Crippen molar-refractivity contribution >= 4 is 28.2 Å². The first-order chi connectivity index (χ1) is 26.2. The molecule has 7 aromatic rings. The van der Waals surface area contributed by atoms with Gasteiger partial charge in [0.15, 0.2) is 5.78 Å². The van der Waals surface area contributed by atoms with Gasteiger partial charge in [-0.15, -0.1) is 0 Å². The molecular formula is C47H44N4O3. The van der Waals surface area contributed by atoms with Crippen molar-refractivity contribution in [1.82, 2.24) is 9.55 Å². The minimum atomic E-state index is -0.958. The van der Waals surface area contributed by atoms with E-state index < -0.39 is 23.0 Å². The highest BCUT2D eigenvalue weighted by molar-refractivity contribution is 6.11. The number of ketones is 1. The molecule has 0 spiro atoms. The lowest BCUT2D eigenvalue weighted by Gasteiger charge is -2.37. The van der Waals surface area contributed by atoms with Crippen molar-refractivity contribution in [2.45, 2.75) is 38.4 Å². The summed E-state index contributed by atoms with van der Waals surface area (Å²) >= 11 is 0. The summed E-state index contributed by atoms with van der Waals surface area (Å²) in [5.74, 6) is -0.660. The summed E-state index contributed by atoms with van der Waals surface area (Å²) in [6.45, 7) is 4.06. The minimum absolute atomic E-state index is 0.115. The van der Waals surface area contributed by atoms with Gasteiger partial charge in [0.1, 0.15) is 11.6 Å². The smallest absolute Gasteiger partial charge is 0.322 e. The van der Waals surface area contributed by atoms with Gasteiger partial charge in [-0.1, -0.05) is 159 Å². The fourth-order valence-electron chi connectivity index (χ4n) is 7.67. The molecule has 0 radical (unpaired) electrons. The average molecular weight is 713 g/mol. The van der Waals surface area contributed by atoms with Crippen LogP contribution in [-0.2, 0) is 21.6 Å². The van der Waals surface area contributed by atoms with E-state index in [4.69, 9.17) is 15.5 Å². The van der Waals surface area contributed by atoms with Crippen LogP contribution in [0.3, 0.4) is 0 Å². The topological polar surface area (TPSA) is 99.2 Å². The van der Waals surface area contributed by atoms with E-state index in [0.29, 0.717) is 12.1 Å². The highest BCUT2D eigenvalue weighted by Gasteiger charge is 2.39. The molecule has 0 unspecified atom stereocenters. The first kappa shape index (κ1) is 36.1. The summed E-state index contributed by atoms with van der Waals surface area (Å²) in [6.07, 6.45) is 4.14. The first-order valence-electron chi connectivity index (χ1n) is 18.2. The zero-order valence-corrected chi connectivity index (χ0v) is 30.8. The Morgan fingerprint density at radius 3 is 1.91 bits per heavy atom. The zero-order chi connectivity index (χ0) is 37.7. The van der Waals surface area contributed by atoms with E-state index in [2.05, 4.69) is 113 Å². The van der Waals surface area contributed by atoms with E-state index in [1.54, 1.807) is 0 Å². The van der Waals surface area contributed by atoms with Gasteiger partial charge in [-0.25, -0.2) is 4.98 Å². The summed E-state index contributed by atoms with van der Waals surface area (Å²) < 4.78 is 7.08. The monoisotopic (exact) mass is 712 g/mol. The molecule has 0 aliphatic heterocycles. The van der Waals surface area contributed by atoms with Crippen LogP contribution in [0.5, 0.6) is 0 Å². The lowest BCUT2D eigenvalue weighted by Crippen LogP contribution is -2.39. The first-order valence-corrected chi connectivity index (χ1v) is 18.2. The SMILES string of the molecule is COC(=O)[C@@H](N)CC(C)(C)C(=O)c1cccc(NCc2cn(C(c3ccccc3)(c3ccccc3)c3ccccc3)cn2)c1-c1cccc2ccccc12. The van der Waals surface area contributed by atoms with Gasteiger partial charge < -0.3 is 20.4 Å². The fourth-order valence-corrected chi connectivity index (χ4v) is 7.67. The van der Waals surface area contributed by atoms with Gasteiger partial charge in [0.05, 0.1) is 25.7 Å². The number of nitrogens with one attached hydrogen (secondary N) is 1. The number of Topliss-reactive ketones (excluding diaryl/α,β-unsaturated/α-hetero) is 1. The molecule has 6 aromatic carbocycles. The third-order valence-corrected chi connectivity index (χ3v) is 10.3. The fraction of sp³-hybridized carbons (Fsp3) is 0.170. The van der Waals surface area contributed by atoms with Crippen LogP contribution in [0.2, 0.25) is 0 Å². The van der Waals surface area contributed by atoms with Crippen molar-refractivity contribution in [2.75, 3.05) is 12.4 Å². The maximum absolute atomic E-state index is 14.5. The van der Waals surface area contributed by atoms with Crippen LogP contribution < -0.4 is 11.1 Å². The van der Waals surface area contributed by atoms with E-state index in [1.165, 1.54) is 7.11 Å². The number of carbonyl (C=O) groups excluding carboxylic acids is 2. The highest BCUT2D eigenvalue weighted by atomic mass is 16.5. The lowest BCUT2D eigenvalue weighted by molar-refractivity contribution is -0.142. The number of aromatic nitrogens is 2. The molecule has 0 aliphatic carbocycles. The number of imidazole rings is 1. The Morgan fingerprint density at radius 1 is 0.741 bits per heavy atom. The maximum atomic E-state index is 14.5. The molecule has 1 heterocycles. The normalized spacial score (nSPS) is 12.3. The van der Waals surface area contributed by atoms with Crippen molar-refractivity contribution < 1.29 is 14.3 Å². The third kappa shape index (κ3) is 6.82. The molecule has 7 nitrogen and oxygen atoms in total. The molecule has 0 fully saturated rings. The van der Waals surface area contributed by atoms with Gasteiger partial charge in [-0.2, -0.15) is 0 Å². The molecule has 0 saturated carbocycles. The largest absolute Gasteiger partial charge is 0.468 e. The zero-order valence-electron chi connectivity index (χ0n) is 30.8. The van der Waals surface area contributed by atoms with Gasteiger partial charge in [-0.05, 0) is 45.5 Å². The van der Waals surface area contributed by atoms with Gasteiger partial charge in [0, 0.05) is 28.4 Å². The number of hydrogen-bond donors (Lipinski definition) is 2. The summed E-state index contributed by atoms with van der Waals surface area (Å²) in [6, 6.07) is 50.6. The Bertz CT molecular complexity index is 2290. The molecule has 3 N–H and O–H groups in total. The van der Waals surface area contributed by atoms with Crippen LogP contribution in [0.4, 0.5) is 5.69 Å². The molecule has 0 saturated heterocycles. The molecule has 7 rings (SSSR count). The molecule has 1 aromatic heterocycles. The van der Waals surface area contributed by atoms with E-state index in [1.807, 2.05) is 74.8 Å². The van der Waals surface area contributed by atoms with Crippen molar-refractivity contribution in [3.05, 3.63) is 192 Å². The number of carbonyl (C=O) groups is 2. The Labute approximate surface area is 316 Å². The number of hydrogen-bond acceptors (Lipinski definition) is 6. The lowest BCUT2D eigenvalue weighted by atomic mass is 9.76. The van der Waals surface area contributed by atoms with E-state index in [-0.39, 0.29) is 12.2 Å². The molecule has 7 heteroatoms. The summed E-state index contributed by atoms with van der Waals surface area (Å²) in [7, 11) is 1.30. The number of nitrogens with zero attached hydrogens (tertiary/aromatic N) is 2. The molecule has 0 aliphatic rings. The number of methoxy groups -OCH3 is 1.